The van der Waals surface area contributed by atoms with E-state index in [0.29, 0.717) is 17.4 Å². The monoisotopic (exact) mass is 276 g/mol. The van der Waals surface area contributed by atoms with Crippen molar-refractivity contribution in [2.75, 3.05) is 6.61 Å². The molecule has 2 N–H and O–H groups in total. The zero-order valence-electron chi connectivity index (χ0n) is 10.8. The predicted molar refractivity (Wildman–Crippen MR) is 77.5 cm³/mol. The lowest BCUT2D eigenvalue weighted by Crippen LogP contribution is -2.06. The van der Waals surface area contributed by atoms with Crippen molar-refractivity contribution < 1.29 is 4.74 Å². The van der Waals surface area contributed by atoms with E-state index >= 15 is 0 Å². The van der Waals surface area contributed by atoms with Crippen molar-refractivity contribution in [3.05, 3.63) is 58.9 Å². The fourth-order valence-corrected chi connectivity index (χ4v) is 1.99. The van der Waals surface area contributed by atoms with E-state index in [1.807, 2.05) is 43.5 Å². The largest absolute Gasteiger partial charge is 0.492 e. The van der Waals surface area contributed by atoms with Gasteiger partial charge in [-0.1, -0.05) is 23.7 Å². The highest BCUT2D eigenvalue weighted by Crippen LogP contribution is 2.27. The van der Waals surface area contributed by atoms with Crippen molar-refractivity contribution in [3.63, 3.8) is 0 Å². The molecule has 0 aliphatic carbocycles. The molecule has 4 heteroatoms. The molecule has 0 spiro atoms. The molecule has 2 rings (SSSR count). The van der Waals surface area contributed by atoms with Gasteiger partial charge >= 0.3 is 0 Å². The third-order valence-electron chi connectivity index (χ3n) is 2.85. The average molecular weight is 277 g/mol. The Bertz CT molecular complexity index is 529. The van der Waals surface area contributed by atoms with E-state index in [2.05, 4.69) is 4.98 Å². The van der Waals surface area contributed by atoms with Crippen molar-refractivity contribution >= 4 is 11.6 Å². The summed E-state index contributed by atoms with van der Waals surface area (Å²) < 4.78 is 5.67. The molecular formula is C15H17ClN2O. The molecule has 1 aromatic carbocycles. The Kier molecular flexibility index (Phi) is 4.77. The Morgan fingerprint density at radius 3 is 2.84 bits per heavy atom. The third-order valence-corrected chi connectivity index (χ3v) is 3.15. The summed E-state index contributed by atoms with van der Waals surface area (Å²) in [5.41, 5.74) is 7.95. The Balaban J connectivity index is 1.93. The normalized spacial score (nSPS) is 12.2. The van der Waals surface area contributed by atoms with Gasteiger partial charge in [-0.2, -0.15) is 0 Å². The maximum atomic E-state index is 6.16. The highest BCUT2D eigenvalue weighted by atomic mass is 35.5. The minimum Gasteiger partial charge on any atom is -0.492 e. The molecule has 0 unspecified atom stereocenters. The minimum absolute atomic E-state index is 0.0260. The Morgan fingerprint density at radius 2 is 2.21 bits per heavy atom. The number of hydrogen-bond acceptors (Lipinski definition) is 3. The summed E-state index contributed by atoms with van der Waals surface area (Å²) in [6, 6.07) is 9.57. The molecule has 0 aliphatic rings. The van der Waals surface area contributed by atoms with Gasteiger partial charge in [-0.3, -0.25) is 4.98 Å². The molecule has 0 saturated carbocycles. The van der Waals surface area contributed by atoms with Crippen LogP contribution in [0.3, 0.4) is 0 Å². The number of aromatic nitrogens is 1. The summed E-state index contributed by atoms with van der Waals surface area (Å²) in [6.45, 7) is 2.50. The number of hydrogen-bond donors (Lipinski definition) is 1. The van der Waals surface area contributed by atoms with E-state index < -0.39 is 0 Å². The molecule has 3 nitrogen and oxygen atoms in total. The first-order valence-electron chi connectivity index (χ1n) is 6.23. The van der Waals surface area contributed by atoms with E-state index in [1.54, 1.807) is 6.20 Å². The summed E-state index contributed by atoms with van der Waals surface area (Å²) >= 11 is 6.16. The van der Waals surface area contributed by atoms with Gasteiger partial charge in [-0.15, -0.1) is 0 Å². The minimum atomic E-state index is -0.0260. The molecule has 19 heavy (non-hydrogen) atoms. The second-order valence-electron chi connectivity index (χ2n) is 4.44. The van der Waals surface area contributed by atoms with E-state index in [9.17, 15) is 0 Å². The van der Waals surface area contributed by atoms with E-state index in [1.165, 1.54) is 0 Å². The van der Waals surface area contributed by atoms with Crippen molar-refractivity contribution in [1.82, 2.24) is 4.98 Å². The molecule has 1 aromatic heterocycles. The van der Waals surface area contributed by atoms with Crippen molar-refractivity contribution in [3.8, 4) is 5.75 Å². The predicted octanol–water partition coefficient (Wildman–Crippen LogP) is 3.38. The van der Waals surface area contributed by atoms with Crippen LogP contribution in [-0.2, 0) is 6.42 Å². The first-order valence-corrected chi connectivity index (χ1v) is 6.61. The molecule has 0 radical (unpaired) electrons. The second kappa shape index (κ2) is 6.55. The van der Waals surface area contributed by atoms with Crippen LogP contribution in [0, 0.1) is 0 Å². The topological polar surface area (TPSA) is 48.1 Å². The number of benzene rings is 1. The van der Waals surface area contributed by atoms with Gasteiger partial charge in [0, 0.05) is 24.9 Å². The van der Waals surface area contributed by atoms with Crippen LogP contribution >= 0.6 is 11.6 Å². The molecule has 1 heterocycles. The lowest BCUT2D eigenvalue weighted by molar-refractivity contribution is 0.322. The van der Waals surface area contributed by atoms with Crippen LogP contribution in [0.15, 0.2) is 42.7 Å². The number of rotatable bonds is 5. The standard InChI is InChI=1S/C15H17ClN2O/c1-11(17)13-4-5-15(14(16)9-13)19-8-6-12-3-2-7-18-10-12/h2-5,7,9-11H,6,8,17H2,1H3/t11-/m1/s1. The molecule has 0 amide bonds. The summed E-state index contributed by atoms with van der Waals surface area (Å²) in [7, 11) is 0. The molecule has 100 valence electrons. The average Bonchev–Trinajstić information content (AvgIpc) is 2.41. The number of nitrogens with zero attached hydrogens (tertiary/aromatic N) is 1. The highest BCUT2D eigenvalue weighted by Gasteiger charge is 2.06. The first-order chi connectivity index (χ1) is 9.16. The quantitative estimate of drug-likeness (QED) is 0.911. The van der Waals surface area contributed by atoms with Gasteiger partial charge in [0.15, 0.2) is 0 Å². The van der Waals surface area contributed by atoms with Gasteiger partial charge in [-0.25, -0.2) is 0 Å². The molecule has 0 bridgehead atoms. The maximum absolute atomic E-state index is 6.16. The van der Waals surface area contributed by atoms with Crippen LogP contribution in [0.1, 0.15) is 24.1 Å². The first kappa shape index (κ1) is 13.8. The van der Waals surface area contributed by atoms with Gasteiger partial charge in [0.25, 0.3) is 0 Å². The molecule has 2 aromatic rings. The number of ether oxygens (including phenoxy) is 1. The smallest absolute Gasteiger partial charge is 0.137 e. The van der Waals surface area contributed by atoms with Crippen LogP contribution in [0.25, 0.3) is 0 Å². The lowest BCUT2D eigenvalue weighted by atomic mass is 10.1. The maximum Gasteiger partial charge on any atom is 0.137 e. The third kappa shape index (κ3) is 3.94. The summed E-state index contributed by atoms with van der Waals surface area (Å²) in [4.78, 5) is 4.06. The van der Waals surface area contributed by atoms with Crippen LogP contribution < -0.4 is 10.5 Å². The summed E-state index contributed by atoms with van der Waals surface area (Å²) in [5, 5.41) is 0.598. The van der Waals surface area contributed by atoms with E-state index in [0.717, 1.165) is 17.5 Å². The van der Waals surface area contributed by atoms with Crippen LogP contribution in [0.2, 0.25) is 5.02 Å². The van der Waals surface area contributed by atoms with E-state index in [-0.39, 0.29) is 6.04 Å². The zero-order valence-corrected chi connectivity index (χ0v) is 11.6. The molecule has 1 atom stereocenters. The highest BCUT2D eigenvalue weighted by molar-refractivity contribution is 6.32. The second-order valence-corrected chi connectivity index (χ2v) is 4.85. The fourth-order valence-electron chi connectivity index (χ4n) is 1.74. The van der Waals surface area contributed by atoms with Gasteiger partial charge < -0.3 is 10.5 Å². The Labute approximate surface area is 118 Å². The van der Waals surface area contributed by atoms with Gasteiger partial charge in [-0.05, 0) is 36.2 Å². The van der Waals surface area contributed by atoms with Gasteiger partial charge in [0.05, 0.1) is 11.6 Å². The molecule has 0 fully saturated rings. The summed E-state index contributed by atoms with van der Waals surface area (Å²) in [5.74, 6) is 0.690. The molecular weight excluding hydrogens is 260 g/mol. The van der Waals surface area contributed by atoms with E-state index in [4.69, 9.17) is 22.1 Å². The van der Waals surface area contributed by atoms with Crippen LogP contribution in [0.4, 0.5) is 0 Å². The SMILES string of the molecule is C[C@@H](N)c1ccc(OCCc2cccnc2)c(Cl)c1. The Morgan fingerprint density at radius 1 is 1.37 bits per heavy atom. The number of pyridine rings is 1. The Hall–Kier alpha value is -1.58. The zero-order chi connectivity index (χ0) is 13.7. The van der Waals surface area contributed by atoms with Crippen molar-refractivity contribution in [2.24, 2.45) is 5.73 Å². The van der Waals surface area contributed by atoms with Gasteiger partial charge in [0.2, 0.25) is 0 Å². The van der Waals surface area contributed by atoms with Crippen molar-refractivity contribution in [2.45, 2.75) is 19.4 Å². The molecule has 0 saturated heterocycles. The summed E-state index contributed by atoms with van der Waals surface area (Å²) in [6.07, 6.45) is 4.40. The molecule has 0 aliphatic heterocycles. The van der Waals surface area contributed by atoms with Crippen LogP contribution in [-0.4, -0.2) is 11.6 Å². The van der Waals surface area contributed by atoms with Crippen molar-refractivity contribution in [1.29, 1.82) is 0 Å². The van der Waals surface area contributed by atoms with Crippen LogP contribution in [0.5, 0.6) is 5.75 Å². The number of halogens is 1. The van der Waals surface area contributed by atoms with Gasteiger partial charge in [0.1, 0.15) is 5.75 Å². The number of nitrogens with two attached hydrogens (primary N) is 1. The lowest BCUT2D eigenvalue weighted by Gasteiger charge is -2.11. The fraction of sp³-hybridized carbons (Fsp3) is 0.267.